The van der Waals surface area contributed by atoms with Crippen LogP contribution in [0.5, 0.6) is 11.5 Å². The fourth-order valence-electron chi connectivity index (χ4n) is 2.98. The molecular formula is C22H26FN3O4. The van der Waals surface area contributed by atoms with Gasteiger partial charge in [0.05, 0.1) is 18.0 Å². The van der Waals surface area contributed by atoms with Crippen molar-refractivity contribution in [1.29, 1.82) is 0 Å². The molecule has 30 heavy (non-hydrogen) atoms. The number of aliphatic hydroxyl groups is 1. The van der Waals surface area contributed by atoms with Crippen molar-refractivity contribution in [3.63, 3.8) is 0 Å². The summed E-state index contributed by atoms with van der Waals surface area (Å²) in [5.41, 5.74) is 1.19. The van der Waals surface area contributed by atoms with Crippen LogP contribution in [0, 0.1) is 0 Å². The number of hydrogen-bond acceptors (Lipinski definition) is 6. The molecule has 0 amide bonds. The van der Waals surface area contributed by atoms with E-state index >= 15 is 0 Å². The van der Waals surface area contributed by atoms with Crippen LogP contribution in [0.15, 0.2) is 47.3 Å². The zero-order chi connectivity index (χ0) is 21.7. The van der Waals surface area contributed by atoms with E-state index in [4.69, 9.17) is 9.47 Å². The molecule has 0 aliphatic rings. The normalized spacial score (nSPS) is 13.2. The van der Waals surface area contributed by atoms with Crippen LogP contribution in [0.4, 0.5) is 4.39 Å². The maximum Gasteiger partial charge on any atom is 0.261 e. The Morgan fingerprint density at radius 2 is 1.90 bits per heavy atom. The zero-order valence-corrected chi connectivity index (χ0v) is 17.3. The van der Waals surface area contributed by atoms with Gasteiger partial charge in [0.2, 0.25) is 0 Å². The highest BCUT2D eigenvalue weighted by Gasteiger charge is 2.12. The van der Waals surface area contributed by atoms with E-state index < -0.39 is 12.8 Å². The number of halogens is 1. The van der Waals surface area contributed by atoms with Crippen LogP contribution >= 0.6 is 0 Å². The lowest BCUT2D eigenvalue weighted by Gasteiger charge is -2.16. The average molecular weight is 415 g/mol. The minimum atomic E-state index is -0.751. The lowest BCUT2D eigenvalue weighted by atomic mass is 10.1. The van der Waals surface area contributed by atoms with Gasteiger partial charge < -0.3 is 19.9 Å². The molecule has 8 heteroatoms. The Morgan fingerprint density at radius 3 is 2.57 bits per heavy atom. The van der Waals surface area contributed by atoms with Crippen molar-refractivity contribution in [2.75, 3.05) is 26.9 Å². The van der Waals surface area contributed by atoms with E-state index in [-0.39, 0.29) is 24.8 Å². The average Bonchev–Trinajstić information content (AvgIpc) is 2.78. The second-order valence-electron chi connectivity index (χ2n) is 7.14. The molecule has 0 bridgehead atoms. The summed E-state index contributed by atoms with van der Waals surface area (Å²) in [5, 5.41) is 13.3. The quantitative estimate of drug-likeness (QED) is 0.558. The van der Waals surface area contributed by atoms with Gasteiger partial charge in [0.15, 0.2) is 0 Å². The maximum absolute atomic E-state index is 12.8. The van der Waals surface area contributed by atoms with Gasteiger partial charge in [-0.3, -0.25) is 9.36 Å². The number of nitrogens with one attached hydrogen (secondary N) is 1. The van der Waals surface area contributed by atoms with E-state index in [0.717, 1.165) is 5.56 Å². The summed E-state index contributed by atoms with van der Waals surface area (Å²) in [6.45, 7) is 1.54. The molecule has 1 aromatic heterocycles. The molecule has 1 unspecified atom stereocenters. The number of ether oxygens (including phenoxy) is 2. The molecule has 0 aliphatic carbocycles. The number of rotatable bonds is 9. The second-order valence-corrected chi connectivity index (χ2v) is 7.14. The van der Waals surface area contributed by atoms with Crippen LogP contribution in [0.25, 0.3) is 22.3 Å². The lowest BCUT2D eigenvalue weighted by molar-refractivity contribution is 0.103. The van der Waals surface area contributed by atoms with Gasteiger partial charge in [0, 0.05) is 25.2 Å². The highest BCUT2D eigenvalue weighted by atomic mass is 19.1. The van der Waals surface area contributed by atoms with Crippen molar-refractivity contribution >= 4 is 10.9 Å². The summed E-state index contributed by atoms with van der Waals surface area (Å²) in [6, 6.07) is 12.0. The first-order chi connectivity index (χ1) is 14.4. The van der Waals surface area contributed by atoms with Gasteiger partial charge in [-0.2, -0.15) is 0 Å². The highest BCUT2D eigenvalue weighted by molar-refractivity contribution is 5.81. The lowest BCUT2D eigenvalue weighted by Crippen LogP contribution is -2.37. The standard InChI is InChI=1S/C22H26FN3O4/c1-14(11-23)24-12-16(27)13-30-17-6-4-15(5-7-17)21-25-20-9-8-18(29-3)10-19(20)22(28)26(21)2/h4-10,14,16,24,27H,11-13H2,1-3H3/t14?,16-/m0/s1. The maximum atomic E-state index is 12.8. The largest absolute Gasteiger partial charge is 0.497 e. The van der Waals surface area contributed by atoms with Gasteiger partial charge >= 0.3 is 0 Å². The third-order valence-corrected chi connectivity index (χ3v) is 4.77. The smallest absolute Gasteiger partial charge is 0.261 e. The van der Waals surface area contributed by atoms with Gasteiger partial charge in [0.1, 0.15) is 36.7 Å². The summed E-state index contributed by atoms with van der Waals surface area (Å²) in [4.78, 5) is 17.4. The molecule has 0 fully saturated rings. The van der Waals surface area contributed by atoms with Gasteiger partial charge in [-0.15, -0.1) is 0 Å². The van der Waals surface area contributed by atoms with Crippen molar-refractivity contribution in [1.82, 2.24) is 14.9 Å². The number of aliphatic hydroxyl groups excluding tert-OH is 1. The molecule has 3 aromatic rings. The van der Waals surface area contributed by atoms with Gasteiger partial charge in [-0.1, -0.05) is 0 Å². The molecule has 0 aliphatic heterocycles. The number of fused-ring (bicyclic) bond motifs is 1. The van der Waals surface area contributed by atoms with Crippen molar-refractivity contribution in [3.8, 4) is 22.9 Å². The molecule has 2 N–H and O–H groups in total. The Morgan fingerprint density at radius 1 is 1.20 bits per heavy atom. The summed E-state index contributed by atoms with van der Waals surface area (Å²) >= 11 is 0. The van der Waals surface area contributed by atoms with Gasteiger partial charge in [0.25, 0.3) is 5.56 Å². The van der Waals surface area contributed by atoms with Crippen LogP contribution in [0.1, 0.15) is 6.92 Å². The Kier molecular flexibility index (Phi) is 7.02. The zero-order valence-electron chi connectivity index (χ0n) is 17.3. The predicted octanol–water partition coefficient (Wildman–Crippen LogP) is 2.30. The van der Waals surface area contributed by atoms with Crippen molar-refractivity contribution in [2.45, 2.75) is 19.1 Å². The van der Waals surface area contributed by atoms with Crippen LogP contribution in [0.3, 0.4) is 0 Å². The second kappa shape index (κ2) is 9.69. The number of nitrogens with zero attached hydrogens (tertiary/aromatic N) is 2. The van der Waals surface area contributed by atoms with Crippen molar-refractivity contribution in [3.05, 3.63) is 52.8 Å². The topological polar surface area (TPSA) is 85.6 Å². The van der Waals surface area contributed by atoms with E-state index in [1.807, 2.05) is 12.1 Å². The predicted molar refractivity (Wildman–Crippen MR) is 114 cm³/mol. The monoisotopic (exact) mass is 415 g/mol. The van der Waals surface area contributed by atoms with E-state index in [1.165, 1.54) is 4.57 Å². The Labute approximate surface area is 174 Å². The molecule has 3 rings (SSSR count). The third kappa shape index (κ3) is 4.95. The number of alkyl halides is 1. The van der Waals surface area contributed by atoms with Crippen LogP contribution in [0.2, 0.25) is 0 Å². The minimum Gasteiger partial charge on any atom is -0.497 e. The number of aromatic nitrogens is 2. The molecular weight excluding hydrogens is 389 g/mol. The van der Waals surface area contributed by atoms with Crippen LogP contribution in [-0.2, 0) is 7.05 Å². The molecule has 0 radical (unpaired) electrons. The molecule has 0 spiro atoms. The molecule has 2 aromatic carbocycles. The van der Waals surface area contributed by atoms with E-state index in [2.05, 4.69) is 10.3 Å². The summed E-state index contributed by atoms with van der Waals surface area (Å²) in [5.74, 6) is 1.72. The summed E-state index contributed by atoms with van der Waals surface area (Å²) in [7, 11) is 3.23. The first-order valence-electron chi connectivity index (χ1n) is 9.68. The molecule has 0 saturated carbocycles. The Balaban J connectivity index is 1.74. The number of methoxy groups -OCH3 is 1. The Hall–Kier alpha value is -2.97. The molecule has 7 nitrogen and oxygen atoms in total. The molecule has 1 heterocycles. The Bertz CT molecular complexity index is 1050. The summed E-state index contributed by atoms with van der Waals surface area (Å²) < 4.78 is 24.7. The minimum absolute atomic E-state index is 0.0832. The molecule has 160 valence electrons. The number of benzene rings is 2. The van der Waals surface area contributed by atoms with Gasteiger partial charge in [-0.25, -0.2) is 9.37 Å². The van der Waals surface area contributed by atoms with E-state index in [9.17, 15) is 14.3 Å². The SMILES string of the molecule is COc1ccc2nc(-c3ccc(OC[C@@H](O)CNC(C)CF)cc3)n(C)c(=O)c2c1. The highest BCUT2D eigenvalue weighted by Crippen LogP contribution is 2.23. The fourth-order valence-corrected chi connectivity index (χ4v) is 2.98. The van der Waals surface area contributed by atoms with Crippen LogP contribution in [-0.4, -0.2) is 53.7 Å². The third-order valence-electron chi connectivity index (χ3n) is 4.77. The summed E-state index contributed by atoms with van der Waals surface area (Å²) in [6.07, 6.45) is -0.751. The van der Waals surface area contributed by atoms with Crippen LogP contribution < -0.4 is 20.3 Å². The first kappa shape index (κ1) is 21.7. The number of hydrogen-bond donors (Lipinski definition) is 2. The molecule has 2 atom stereocenters. The van der Waals surface area contributed by atoms with Gasteiger partial charge in [-0.05, 0) is 49.4 Å². The van der Waals surface area contributed by atoms with Crippen molar-refractivity contribution < 1.29 is 19.0 Å². The van der Waals surface area contributed by atoms with E-state index in [0.29, 0.717) is 28.2 Å². The fraction of sp³-hybridized carbons (Fsp3) is 0.364. The molecule has 0 saturated heterocycles. The first-order valence-corrected chi connectivity index (χ1v) is 9.68. The van der Waals surface area contributed by atoms with Crippen molar-refractivity contribution in [2.24, 2.45) is 7.05 Å². The van der Waals surface area contributed by atoms with E-state index in [1.54, 1.807) is 51.4 Å².